The lowest BCUT2D eigenvalue weighted by atomic mass is 9.95. The van der Waals surface area contributed by atoms with Crippen molar-refractivity contribution in [1.29, 1.82) is 0 Å². The van der Waals surface area contributed by atoms with Crippen LogP contribution in [0, 0.1) is 0 Å². The van der Waals surface area contributed by atoms with E-state index in [1.165, 1.54) is 12.0 Å². The van der Waals surface area contributed by atoms with Gasteiger partial charge in [0.2, 0.25) is 5.78 Å². The molecule has 8 nitrogen and oxygen atoms in total. The molecule has 0 saturated heterocycles. The molecule has 1 unspecified atom stereocenters. The van der Waals surface area contributed by atoms with Gasteiger partial charge in [0.15, 0.2) is 22.9 Å². The molecule has 0 aliphatic carbocycles. The molecule has 2 heterocycles. The van der Waals surface area contributed by atoms with Crippen LogP contribution in [0.15, 0.2) is 64.3 Å². The lowest BCUT2D eigenvalue weighted by molar-refractivity contribution is -0.129. The van der Waals surface area contributed by atoms with E-state index >= 15 is 0 Å². The number of Topliss-reactive ketones (excluding diaryl/α,β-unsaturated/α-hetero) is 1. The largest absolute Gasteiger partial charge is 0.503 e. The summed E-state index contributed by atoms with van der Waals surface area (Å²) in [5.74, 6) is -0.568. The number of ether oxygens (including phenoxy) is 3. The van der Waals surface area contributed by atoms with Gasteiger partial charge < -0.3 is 28.6 Å². The Labute approximate surface area is 203 Å². The van der Waals surface area contributed by atoms with Gasteiger partial charge in [-0.3, -0.25) is 9.59 Å². The Balaban J connectivity index is 1.75. The molecule has 1 aromatic heterocycles. The van der Waals surface area contributed by atoms with Crippen molar-refractivity contribution in [1.82, 2.24) is 4.90 Å². The van der Waals surface area contributed by atoms with Crippen LogP contribution in [-0.4, -0.2) is 55.2 Å². The summed E-state index contributed by atoms with van der Waals surface area (Å²) in [6.07, 6.45) is 0.551. The van der Waals surface area contributed by atoms with E-state index in [2.05, 4.69) is 0 Å². The number of ketones is 1. The summed E-state index contributed by atoms with van der Waals surface area (Å²) in [5.41, 5.74) is 1.07. The average molecular weight is 480 g/mol. The molecule has 1 aliphatic heterocycles. The first-order valence-electron chi connectivity index (χ1n) is 11.5. The minimum Gasteiger partial charge on any atom is -0.503 e. The van der Waals surface area contributed by atoms with E-state index in [4.69, 9.17) is 18.6 Å². The molecule has 4 rings (SSSR count). The molecule has 0 radical (unpaired) electrons. The predicted molar refractivity (Wildman–Crippen MR) is 130 cm³/mol. The third kappa shape index (κ3) is 4.74. The standard InChI is InChI=1S/C27H29NO7/c1-16(2)34-19-11-9-17(10-12-19)23-22(25(30)27(31)28(23)13-6-14-32-3)24(29)21-15-18-7-5-8-20(33-4)26(18)35-21/h5,7-12,15-16,23,30H,6,13-14H2,1-4H3. The van der Waals surface area contributed by atoms with Crippen molar-refractivity contribution in [3.63, 3.8) is 0 Å². The number of furan rings is 1. The number of para-hydroxylation sites is 1. The molecule has 1 aliphatic rings. The average Bonchev–Trinajstić information content (AvgIpc) is 3.39. The quantitative estimate of drug-likeness (QED) is 0.328. The highest BCUT2D eigenvalue weighted by atomic mass is 16.5. The van der Waals surface area contributed by atoms with Gasteiger partial charge in [-0.1, -0.05) is 24.3 Å². The molecule has 3 aromatic rings. The molecular weight excluding hydrogens is 450 g/mol. The number of hydrogen-bond donors (Lipinski definition) is 1. The van der Waals surface area contributed by atoms with Crippen LogP contribution in [-0.2, 0) is 9.53 Å². The van der Waals surface area contributed by atoms with Crippen LogP contribution in [0.5, 0.6) is 11.5 Å². The Morgan fingerprint density at radius 1 is 1.14 bits per heavy atom. The summed E-state index contributed by atoms with van der Waals surface area (Å²) in [6.45, 7) is 4.60. The lowest BCUT2D eigenvalue weighted by Gasteiger charge is -2.26. The van der Waals surface area contributed by atoms with E-state index in [1.807, 2.05) is 13.8 Å². The number of fused-ring (bicyclic) bond motifs is 1. The molecular formula is C27H29NO7. The second kappa shape index (κ2) is 10.2. The first kappa shape index (κ1) is 24.3. The number of amides is 1. The van der Waals surface area contributed by atoms with E-state index in [1.54, 1.807) is 55.6 Å². The molecule has 0 fully saturated rings. The molecule has 1 atom stereocenters. The second-order valence-corrected chi connectivity index (χ2v) is 8.56. The Morgan fingerprint density at radius 2 is 1.89 bits per heavy atom. The highest BCUT2D eigenvalue weighted by Crippen LogP contribution is 2.40. The summed E-state index contributed by atoms with van der Waals surface area (Å²) < 4.78 is 22.0. The Bertz CT molecular complexity index is 1260. The van der Waals surface area contributed by atoms with E-state index in [0.29, 0.717) is 47.6 Å². The number of rotatable bonds is 10. The third-order valence-corrected chi connectivity index (χ3v) is 5.82. The molecule has 1 N–H and O–H groups in total. The van der Waals surface area contributed by atoms with Crippen LogP contribution in [0.3, 0.4) is 0 Å². The normalized spacial score (nSPS) is 16.0. The number of nitrogens with zero attached hydrogens (tertiary/aromatic N) is 1. The van der Waals surface area contributed by atoms with Crippen LogP contribution >= 0.6 is 0 Å². The minimum atomic E-state index is -0.782. The van der Waals surface area contributed by atoms with Gasteiger partial charge in [0.1, 0.15) is 5.75 Å². The SMILES string of the molecule is COCCCN1C(=O)C(O)=C(C(=O)c2cc3cccc(OC)c3o2)C1c1ccc(OC(C)C)cc1. The minimum absolute atomic E-state index is 0.00519. The van der Waals surface area contributed by atoms with Crippen molar-refractivity contribution in [2.24, 2.45) is 0 Å². The van der Waals surface area contributed by atoms with Crippen molar-refractivity contribution < 1.29 is 33.3 Å². The maximum Gasteiger partial charge on any atom is 0.290 e. The van der Waals surface area contributed by atoms with E-state index in [0.717, 1.165) is 0 Å². The number of aliphatic hydroxyl groups excluding tert-OH is 1. The molecule has 0 bridgehead atoms. The van der Waals surface area contributed by atoms with Crippen molar-refractivity contribution in [3.05, 3.63) is 71.2 Å². The summed E-state index contributed by atoms with van der Waals surface area (Å²) in [5, 5.41) is 11.5. The second-order valence-electron chi connectivity index (χ2n) is 8.56. The van der Waals surface area contributed by atoms with Crippen LogP contribution in [0.1, 0.15) is 42.4 Å². The molecule has 0 spiro atoms. The first-order valence-corrected chi connectivity index (χ1v) is 11.5. The number of hydrogen-bond acceptors (Lipinski definition) is 7. The molecule has 8 heteroatoms. The Hall–Kier alpha value is -3.78. The van der Waals surface area contributed by atoms with Gasteiger partial charge in [0.25, 0.3) is 5.91 Å². The summed E-state index contributed by atoms with van der Waals surface area (Å²) in [4.78, 5) is 28.2. The lowest BCUT2D eigenvalue weighted by Crippen LogP contribution is -2.32. The van der Waals surface area contributed by atoms with Crippen molar-refractivity contribution >= 4 is 22.7 Å². The van der Waals surface area contributed by atoms with Crippen molar-refractivity contribution in [3.8, 4) is 11.5 Å². The maximum absolute atomic E-state index is 13.7. The van der Waals surface area contributed by atoms with Crippen LogP contribution in [0.2, 0.25) is 0 Å². The van der Waals surface area contributed by atoms with Crippen molar-refractivity contribution in [2.45, 2.75) is 32.4 Å². The van der Waals surface area contributed by atoms with Crippen LogP contribution in [0.4, 0.5) is 0 Å². The molecule has 0 saturated carbocycles. The highest BCUT2D eigenvalue weighted by Gasteiger charge is 2.44. The first-order chi connectivity index (χ1) is 16.8. The van der Waals surface area contributed by atoms with E-state index in [9.17, 15) is 14.7 Å². The van der Waals surface area contributed by atoms with E-state index < -0.39 is 23.5 Å². The van der Waals surface area contributed by atoms with Gasteiger partial charge in [-0.25, -0.2) is 0 Å². The van der Waals surface area contributed by atoms with Gasteiger partial charge in [-0.15, -0.1) is 0 Å². The van der Waals surface area contributed by atoms with Gasteiger partial charge >= 0.3 is 0 Å². The highest BCUT2D eigenvalue weighted by molar-refractivity contribution is 6.16. The number of aliphatic hydroxyl groups is 1. The number of carbonyl (C=O) groups is 2. The maximum atomic E-state index is 13.7. The van der Waals surface area contributed by atoms with Gasteiger partial charge in [-0.2, -0.15) is 0 Å². The molecule has 35 heavy (non-hydrogen) atoms. The van der Waals surface area contributed by atoms with Crippen molar-refractivity contribution in [2.75, 3.05) is 27.4 Å². The fraction of sp³-hybridized carbons (Fsp3) is 0.333. The number of benzene rings is 2. The summed E-state index contributed by atoms with van der Waals surface area (Å²) in [7, 11) is 3.10. The van der Waals surface area contributed by atoms with Gasteiger partial charge in [-0.05, 0) is 50.1 Å². The molecule has 1 amide bonds. The van der Waals surface area contributed by atoms with Gasteiger partial charge in [0, 0.05) is 25.6 Å². The predicted octanol–water partition coefficient (Wildman–Crippen LogP) is 4.84. The fourth-order valence-electron chi connectivity index (χ4n) is 4.28. The Kier molecular flexibility index (Phi) is 7.12. The van der Waals surface area contributed by atoms with E-state index in [-0.39, 0.29) is 17.4 Å². The van der Waals surface area contributed by atoms with Crippen LogP contribution in [0.25, 0.3) is 11.0 Å². The fourth-order valence-corrected chi connectivity index (χ4v) is 4.28. The third-order valence-electron chi connectivity index (χ3n) is 5.82. The Morgan fingerprint density at radius 3 is 2.54 bits per heavy atom. The molecule has 184 valence electrons. The summed E-state index contributed by atoms with van der Waals surface area (Å²) >= 11 is 0. The molecule has 2 aromatic carbocycles. The summed E-state index contributed by atoms with van der Waals surface area (Å²) in [6, 6.07) is 13.3. The smallest absolute Gasteiger partial charge is 0.290 e. The zero-order chi connectivity index (χ0) is 25.1. The zero-order valence-electron chi connectivity index (χ0n) is 20.2. The van der Waals surface area contributed by atoms with Gasteiger partial charge in [0.05, 0.1) is 24.8 Å². The monoisotopic (exact) mass is 479 g/mol. The zero-order valence-corrected chi connectivity index (χ0v) is 20.2. The number of carbonyl (C=O) groups excluding carboxylic acids is 2. The topological polar surface area (TPSA) is 98.4 Å². The number of methoxy groups -OCH3 is 2. The van der Waals surface area contributed by atoms with Crippen LogP contribution < -0.4 is 9.47 Å².